The minimum absolute atomic E-state index is 0.0925. The highest BCUT2D eigenvalue weighted by atomic mass is 35.5. The van der Waals surface area contributed by atoms with Gasteiger partial charge in [-0.2, -0.15) is 0 Å². The molecule has 29 heavy (non-hydrogen) atoms. The fourth-order valence-electron chi connectivity index (χ4n) is 3.94. The molecule has 5 nitrogen and oxygen atoms in total. The fraction of sp³-hybridized carbons (Fsp3) is 0.227. The molecule has 1 aromatic carbocycles. The van der Waals surface area contributed by atoms with Crippen LogP contribution < -0.4 is 10.9 Å². The molecule has 7 heteroatoms. The van der Waals surface area contributed by atoms with Crippen LogP contribution in [0.3, 0.4) is 0 Å². The van der Waals surface area contributed by atoms with Crippen LogP contribution in [0.2, 0.25) is 5.02 Å². The largest absolute Gasteiger partial charge is 0.348 e. The van der Waals surface area contributed by atoms with E-state index in [0.29, 0.717) is 22.8 Å². The van der Waals surface area contributed by atoms with Crippen molar-refractivity contribution >= 4 is 44.7 Å². The van der Waals surface area contributed by atoms with Crippen molar-refractivity contribution in [1.82, 2.24) is 14.7 Å². The molecule has 0 unspecified atom stereocenters. The normalized spacial score (nSPS) is 13.6. The van der Waals surface area contributed by atoms with Gasteiger partial charge in [-0.3, -0.25) is 14.0 Å². The van der Waals surface area contributed by atoms with Gasteiger partial charge < -0.3 is 5.32 Å². The molecule has 1 aliphatic rings. The Hall–Kier alpha value is -2.70. The first-order valence-corrected chi connectivity index (χ1v) is 10.8. The van der Waals surface area contributed by atoms with Crippen molar-refractivity contribution in [3.63, 3.8) is 0 Å². The Morgan fingerprint density at radius 3 is 2.86 bits per heavy atom. The lowest BCUT2D eigenvalue weighted by molar-refractivity contribution is 0.0952. The summed E-state index contributed by atoms with van der Waals surface area (Å²) in [7, 11) is 0. The van der Waals surface area contributed by atoms with Crippen LogP contribution in [-0.2, 0) is 19.4 Å². The first-order valence-electron chi connectivity index (χ1n) is 9.61. The summed E-state index contributed by atoms with van der Waals surface area (Å²) in [5.41, 5.74) is 2.66. The summed E-state index contributed by atoms with van der Waals surface area (Å²) >= 11 is 7.76. The Morgan fingerprint density at radius 2 is 2.00 bits per heavy atom. The summed E-state index contributed by atoms with van der Waals surface area (Å²) in [5, 5.41) is 4.21. The van der Waals surface area contributed by atoms with E-state index in [-0.39, 0.29) is 11.5 Å². The molecule has 1 amide bonds. The quantitative estimate of drug-likeness (QED) is 0.532. The van der Waals surface area contributed by atoms with Crippen molar-refractivity contribution < 1.29 is 4.79 Å². The molecule has 0 bridgehead atoms. The number of aromatic nitrogens is 2. The molecule has 3 aromatic heterocycles. The van der Waals surface area contributed by atoms with Gasteiger partial charge in [0.1, 0.15) is 4.83 Å². The lowest BCUT2D eigenvalue weighted by Crippen LogP contribution is -2.25. The maximum Gasteiger partial charge on any atom is 0.266 e. The van der Waals surface area contributed by atoms with E-state index in [1.165, 1.54) is 9.28 Å². The van der Waals surface area contributed by atoms with E-state index < -0.39 is 0 Å². The van der Waals surface area contributed by atoms with Crippen LogP contribution in [0.5, 0.6) is 0 Å². The third kappa shape index (κ3) is 3.12. The molecule has 146 valence electrons. The molecule has 3 heterocycles. The van der Waals surface area contributed by atoms with Crippen LogP contribution in [0.4, 0.5) is 0 Å². The lowest BCUT2D eigenvalue weighted by atomic mass is 9.97. The van der Waals surface area contributed by atoms with Crippen molar-refractivity contribution in [2.75, 3.05) is 0 Å². The fourth-order valence-corrected chi connectivity index (χ4v) is 5.39. The number of nitrogens with one attached hydrogen (secondary N) is 1. The van der Waals surface area contributed by atoms with Crippen molar-refractivity contribution in [2.24, 2.45) is 0 Å². The molecule has 5 rings (SSSR count). The minimum Gasteiger partial charge on any atom is -0.348 e. The third-order valence-corrected chi connectivity index (χ3v) is 6.96. The Labute approximate surface area is 176 Å². The number of benzene rings is 1. The minimum atomic E-state index is -0.282. The van der Waals surface area contributed by atoms with Gasteiger partial charge >= 0.3 is 0 Å². The second-order valence-corrected chi connectivity index (χ2v) is 8.69. The molecule has 0 fully saturated rings. The zero-order chi connectivity index (χ0) is 20.0. The van der Waals surface area contributed by atoms with Gasteiger partial charge in [0.05, 0.1) is 10.9 Å². The van der Waals surface area contributed by atoms with Gasteiger partial charge in [0.25, 0.3) is 11.5 Å². The monoisotopic (exact) mass is 423 g/mol. The number of halogens is 1. The second-order valence-electron chi connectivity index (χ2n) is 7.20. The summed E-state index contributed by atoms with van der Waals surface area (Å²) in [6, 6.07) is 10.8. The van der Waals surface area contributed by atoms with Gasteiger partial charge in [-0.05, 0) is 55.0 Å². The highest BCUT2D eigenvalue weighted by Crippen LogP contribution is 2.34. The number of carbonyl (C=O) groups is 1. The maximum atomic E-state index is 13.2. The lowest BCUT2D eigenvalue weighted by Gasteiger charge is -2.11. The molecule has 1 N–H and O–H groups in total. The molecule has 0 saturated carbocycles. The highest BCUT2D eigenvalue weighted by molar-refractivity contribution is 7.18. The number of hydrogen-bond acceptors (Lipinski definition) is 4. The molecule has 4 aromatic rings. The summed E-state index contributed by atoms with van der Waals surface area (Å²) in [4.78, 5) is 32.8. The molecule has 0 atom stereocenters. The number of pyridine rings is 1. The Balaban J connectivity index is 1.58. The number of carbonyl (C=O) groups excluding carboxylic acids is 1. The summed E-state index contributed by atoms with van der Waals surface area (Å²) in [6.07, 6.45) is 5.86. The van der Waals surface area contributed by atoms with E-state index in [9.17, 15) is 9.59 Å². The van der Waals surface area contributed by atoms with Crippen LogP contribution in [0.15, 0.2) is 47.4 Å². The second kappa shape index (κ2) is 7.28. The summed E-state index contributed by atoms with van der Waals surface area (Å²) < 4.78 is 1.49. The van der Waals surface area contributed by atoms with Crippen LogP contribution >= 0.6 is 22.9 Å². The number of nitrogens with zero attached hydrogens (tertiary/aromatic N) is 2. The first kappa shape index (κ1) is 18.3. The molecule has 0 spiro atoms. The molecule has 0 radical (unpaired) electrons. The molecule has 1 aliphatic carbocycles. The molecule has 0 aliphatic heterocycles. The number of rotatable bonds is 3. The third-order valence-electron chi connectivity index (χ3n) is 5.40. The van der Waals surface area contributed by atoms with Crippen LogP contribution in [0.25, 0.3) is 15.9 Å². The maximum absolute atomic E-state index is 13.2. The van der Waals surface area contributed by atoms with E-state index in [1.54, 1.807) is 35.7 Å². The molecular formula is C22H18ClN3O2S. The topological polar surface area (TPSA) is 63.5 Å². The standard InChI is InChI=1S/C22H18ClN3O2S/c23-16-9-3-1-6-13(16)12-24-20(27)15-8-5-11-26-19(15)25-21-18(22(26)28)14-7-2-4-10-17(14)29-21/h1,3,5-6,8-9,11H,2,4,7,10,12H2,(H,24,27). The van der Waals surface area contributed by atoms with E-state index in [4.69, 9.17) is 16.6 Å². The Bertz CT molecular complexity index is 1330. The Morgan fingerprint density at radius 1 is 1.17 bits per heavy atom. The van der Waals surface area contributed by atoms with Gasteiger partial charge in [0, 0.05) is 22.6 Å². The first-order chi connectivity index (χ1) is 14.1. The summed E-state index contributed by atoms with van der Waals surface area (Å²) in [5.74, 6) is -0.282. The number of amides is 1. The van der Waals surface area contributed by atoms with Crippen LogP contribution in [-0.4, -0.2) is 15.3 Å². The predicted molar refractivity (Wildman–Crippen MR) is 116 cm³/mol. The Kier molecular flexibility index (Phi) is 4.60. The SMILES string of the molecule is O=C(NCc1ccccc1Cl)c1cccn2c(=O)c3c4c(sc3nc12)CCCC4. The van der Waals surface area contributed by atoms with Gasteiger partial charge in [0.15, 0.2) is 5.65 Å². The van der Waals surface area contributed by atoms with Gasteiger partial charge in [-0.15, -0.1) is 11.3 Å². The van der Waals surface area contributed by atoms with E-state index >= 15 is 0 Å². The van der Waals surface area contributed by atoms with Crippen molar-refractivity contribution in [3.05, 3.63) is 79.5 Å². The number of fused-ring (bicyclic) bond motifs is 4. The predicted octanol–water partition coefficient (Wildman–Crippen LogP) is 4.37. The smallest absolute Gasteiger partial charge is 0.266 e. The van der Waals surface area contributed by atoms with Crippen molar-refractivity contribution in [2.45, 2.75) is 32.2 Å². The number of hydrogen-bond donors (Lipinski definition) is 1. The van der Waals surface area contributed by atoms with Crippen LogP contribution in [0, 0.1) is 0 Å². The van der Waals surface area contributed by atoms with E-state index in [0.717, 1.165) is 47.0 Å². The zero-order valence-corrected chi connectivity index (χ0v) is 17.1. The van der Waals surface area contributed by atoms with Crippen LogP contribution in [0.1, 0.15) is 39.2 Å². The number of aryl methyl sites for hydroxylation is 2. The van der Waals surface area contributed by atoms with E-state index in [2.05, 4.69) is 5.32 Å². The van der Waals surface area contributed by atoms with E-state index in [1.807, 2.05) is 18.2 Å². The van der Waals surface area contributed by atoms with Crippen molar-refractivity contribution in [1.29, 1.82) is 0 Å². The highest BCUT2D eigenvalue weighted by Gasteiger charge is 2.22. The van der Waals surface area contributed by atoms with Gasteiger partial charge in [-0.1, -0.05) is 29.8 Å². The zero-order valence-electron chi connectivity index (χ0n) is 15.6. The number of thiophene rings is 1. The average molecular weight is 424 g/mol. The van der Waals surface area contributed by atoms with Gasteiger partial charge in [0.2, 0.25) is 0 Å². The van der Waals surface area contributed by atoms with Crippen molar-refractivity contribution in [3.8, 4) is 0 Å². The van der Waals surface area contributed by atoms with Gasteiger partial charge in [-0.25, -0.2) is 4.98 Å². The summed E-state index contributed by atoms with van der Waals surface area (Å²) in [6.45, 7) is 0.305. The molecular weight excluding hydrogens is 406 g/mol. The molecule has 0 saturated heterocycles. The average Bonchev–Trinajstić information content (AvgIpc) is 3.11.